The van der Waals surface area contributed by atoms with Crippen LogP contribution >= 0.6 is 11.6 Å². The first-order valence-electron chi connectivity index (χ1n) is 6.30. The van der Waals surface area contributed by atoms with E-state index in [9.17, 15) is 0 Å². The molecule has 94 valence electrons. The lowest BCUT2D eigenvalue weighted by Crippen LogP contribution is -1.92. The second-order valence-corrected chi connectivity index (χ2v) is 5.13. The molecular formula is C14H11ClN4. The average molecular weight is 271 g/mol. The van der Waals surface area contributed by atoms with Crippen molar-refractivity contribution in [3.05, 3.63) is 46.9 Å². The third-order valence-corrected chi connectivity index (χ3v) is 3.91. The van der Waals surface area contributed by atoms with E-state index in [0.717, 1.165) is 17.8 Å². The lowest BCUT2D eigenvalue weighted by Gasteiger charge is -2.03. The molecule has 0 aliphatic heterocycles. The summed E-state index contributed by atoms with van der Waals surface area (Å²) < 4.78 is 1.88. The normalized spacial score (nSPS) is 13.9. The number of fused-ring (bicyclic) bond motifs is 2. The molecule has 2 aromatic heterocycles. The first-order valence-corrected chi connectivity index (χ1v) is 6.68. The van der Waals surface area contributed by atoms with E-state index in [1.165, 1.54) is 24.0 Å². The number of hydrogen-bond acceptors (Lipinski definition) is 3. The minimum atomic E-state index is 0.377. The lowest BCUT2D eigenvalue weighted by atomic mass is 10.1. The summed E-state index contributed by atoms with van der Waals surface area (Å²) >= 11 is 6.02. The molecule has 0 amide bonds. The van der Waals surface area contributed by atoms with Crippen LogP contribution in [0.2, 0.25) is 5.15 Å². The average Bonchev–Trinajstić information content (AvgIpc) is 3.04. The van der Waals surface area contributed by atoms with Crippen molar-refractivity contribution in [2.75, 3.05) is 0 Å². The van der Waals surface area contributed by atoms with Crippen LogP contribution in [0.1, 0.15) is 17.5 Å². The molecule has 0 atom stereocenters. The van der Waals surface area contributed by atoms with E-state index in [1.54, 1.807) is 6.20 Å². The highest BCUT2D eigenvalue weighted by Gasteiger charge is 2.15. The first-order chi connectivity index (χ1) is 9.33. The Morgan fingerprint density at radius 3 is 2.95 bits per heavy atom. The van der Waals surface area contributed by atoms with Crippen LogP contribution in [-0.4, -0.2) is 19.6 Å². The second kappa shape index (κ2) is 4.03. The predicted molar refractivity (Wildman–Crippen MR) is 73.3 cm³/mol. The Hall–Kier alpha value is -1.94. The molecule has 0 saturated carbocycles. The number of halogens is 1. The van der Waals surface area contributed by atoms with E-state index in [0.29, 0.717) is 10.8 Å². The summed E-state index contributed by atoms with van der Waals surface area (Å²) in [4.78, 5) is 4.01. The number of aromatic nitrogens is 4. The van der Waals surface area contributed by atoms with Gasteiger partial charge in [-0.1, -0.05) is 23.7 Å². The Kier molecular flexibility index (Phi) is 2.32. The fraction of sp³-hybridized carbons (Fsp3) is 0.214. The maximum absolute atomic E-state index is 6.02. The van der Waals surface area contributed by atoms with Crippen molar-refractivity contribution < 1.29 is 0 Å². The summed E-state index contributed by atoms with van der Waals surface area (Å²) in [5.74, 6) is 0.814. The topological polar surface area (TPSA) is 43.1 Å². The van der Waals surface area contributed by atoms with Crippen LogP contribution in [0, 0.1) is 0 Å². The smallest absolute Gasteiger partial charge is 0.198 e. The van der Waals surface area contributed by atoms with Crippen molar-refractivity contribution in [3.8, 4) is 11.4 Å². The summed E-state index contributed by atoms with van der Waals surface area (Å²) in [6.45, 7) is 0. The van der Waals surface area contributed by atoms with Crippen molar-refractivity contribution in [1.82, 2.24) is 19.6 Å². The highest BCUT2D eigenvalue weighted by molar-refractivity contribution is 6.32. The largest absolute Gasteiger partial charge is 0.278 e. The third kappa shape index (κ3) is 1.64. The fourth-order valence-electron chi connectivity index (χ4n) is 2.70. The molecule has 4 rings (SSSR count). The molecule has 0 bridgehead atoms. The van der Waals surface area contributed by atoms with Gasteiger partial charge in [-0.05, 0) is 36.5 Å². The molecule has 0 fully saturated rings. The SMILES string of the molecule is Clc1nccn2c(-c3ccc4c(c3)CCC4)nnc12. The summed E-state index contributed by atoms with van der Waals surface area (Å²) in [6.07, 6.45) is 7.09. The molecule has 4 nitrogen and oxygen atoms in total. The third-order valence-electron chi connectivity index (χ3n) is 3.64. The minimum Gasteiger partial charge on any atom is -0.278 e. The number of hydrogen-bond donors (Lipinski definition) is 0. The lowest BCUT2D eigenvalue weighted by molar-refractivity contribution is 0.912. The summed E-state index contributed by atoms with van der Waals surface area (Å²) in [5, 5.41) is 8.72. The van der Waals surface area contributed by atoms with E-state index in [-0.39, 0.29) is 0 Å². The number of benzene rings is 1. The number of rotatable bonds is 1. The number of nitrogens with zero attached hydrogens (tertiary/aromatic N) is 4. The zero-order valence-electron chi connectivity index (χ0n) is 10.2. The Morgan fingerprint density at radius 2 is 2.00 bits per heavy atom. The zero-order valence-corrected chi connectivity index (χ0v) is 10.9. The molecule has 1 aliphatic rings. The Labute approximate surface area is 115 Å². The molecule has 2 heterocycles. The molecule has 1 aliphatic carbocycles. The molecule has 3 aromatic rings. The van der Waals surface area contributed by atoms with E-state index in [1.807, 2.05) is 10.6 Å². The van der Waals surface area contributed by atoms with Gasteiger partial charge in [0.25, 0.3) is 0 Å². The molecule has 0 spiro atoms. The van der Waals surface area contributed by atoms with Crippen LogP contribution in [0.4, 0.5) is 0 Å². The monoisotopic (exact) mass is 270 g/mol. The van der Waals surface area contributed by atoms with Crippen molar-refractivity contribution in [1.29, 1.82) is 0 Å². The van der Waals surface area contributed by atoms with Gasteiger partial charge in [-0.25, -0.2) is 4.98 Å². The van der Waals surface area contributed by atoms with Gasteiger partial charge in [-0.15, -0.1) is 10.2 Å². The summed E-state index contributed by atoms with van der Waals surface area (Å²) in [6, 6.07) is 6.52. The highest BCUT2D eigenvalue weighted by atomic mass is 35.5. The van der Waals surface area contributed by atoms with Gasteiger partial charge in [0.1, 0.15) is 0 Å². The molecule has 0 N–H and O–H groups in total. The Morgan fingerprint density at radius 1 is 1.11 bits per heavy atom. The molecule has 0 radical (unpaired) electrons. The van der Waals surface area contributed by atoms with Gasteiger partial charge < -0.3 is 0 Å². The van der Waals surface area contributed by atoms with Crippen LogP contribution in [0.15, 0.2) is 30.6 Å². The van der Waals surface area contributed by atoms with Gasteiger partial charge in [0.15, 0.2) is 16.6 Å². The van der Waals surface area contributed by atoms with Crippen LogP contribution < -0.4 is 0 Å². The zero-order chi connectivity index (χ0) is 12.8. The maximum Gasteiger partial charge on any atom is 0.198 e. The van der Waals surface area contributed by atoms with Gasteiger partial charge >= 0.3 is 0 Å². The molecule has 19 heavy (non-hydrogen) atoms. The molecule has 5 heteroatoms. The van der Waals surface area contributed by atoms with Crippen molar-refractivity contribution in [3.63, 3.8) is 0 Å². The second-order valence-electron chi connectivity index (χ2n) is 4.77. The van der Waals surface area contributed by atoms with Crippen LogP contribution in [0.25, 0.3) is 17.0 Å². The summed E-state index contributed by atoms with van der Waals surface area (Å²) in [5.41, 5.74) is 4.56. The molecule has 1 aromatic carbocycles. The Bertz CT molecular complexity index is 778. The predicted octanol–water partition coefficient (Wildman–Crippen LogP) is 2.93. The van der Waals surface area contributed by atoms with Crippen molar-refractivity contribution >= 4 is 17.2 Å². The van der Waals surface area contributed by atoms with E-state index < -0.39 is 0 Å². The van der Waals surface area contributed by atoms with Crippen molar-refractivity contribution in [2.45, 2.75) is 19.3 Å². The van der Waals surface area contributed by atoms with E-state index >= 15 is 0 Å². The molecule has 0 unspecified atom stereocenters. The Balaban J connectivity index is 1.93. The van der Waals surface area contributed by atoms with Crippen LogP contribution in [0.5, 0.6) is 0 Å². The van der Waals surface area contributed by atoms with Gasteiger partial charge in [-0.2, -0.15) is 0 Å². The van der Waals surface area contributed by atoms with E-state index in [4.69, 9.17) is 11.6 Å². The molecular weight excluding hydrogens is 260 g/mol. The van der Waals surface area contributed by atoms with Gasteiger partial charge in [0.05, 0.1) is 0 Å². The van der Waals surface area contributed by atoms with Gasteiger partial charge in [0.2, 0.25) is 0 Å². The van der Waals surface area contributed by atoms with Crippen molar-refractivity contribution in [2.24, 2.45) is 0 Å². The standard InChI is InChI=1S/C14H11ClN4/c15-12-14-18-17-13(19(14)7-6-16-12)11-5-4-9-2-1-3-10(9)8-11/h4-8H,1-3H2. The van der Waals surface area contributed by atoms with Gasteiger partial charge in [0, 0.05) is 18.0 Å². The van der Waals surface area contributed by atoms with Crippen LogP contribution in [0.3, 0.4) is 0 Å². The first kappa shape index (κ1) is 10.9. The number of aryl methyl sites for hydroxylation is 2. The molecule has 0 saturated heterocycles. The fourth-order valence-corrected chi connectivity index (χ4v) is 2.89. The summed E-state index contributed by atoms with van der Waals surface area (Å²) in [7, 11) is 0. The quantitative estimate of drug-likeness (QED) is 0.683. The maximum atomic E-state index is 6.02. The minimum absolute atomic E-state index is 0.377. The highest BCUT2D eigenvalue weighted by Crippen LogP contribution is 2.28. The van der Waals surface area contributed by atoms with E-state index in [2.05, 4.69) is 33.4 Å². The van der Waals surface area contributed by atoms with Gasteiger partial charge in [-0.3, -0.25) is 4.40 Å². The van der Waals surface area contributed by atoms with Crippen LogP contribution in [-0.2, 0) is 12.8 Å².